The molecule has 1 rings (SSSR count). The molecule has 0 spiro atoms. The highest BCUT2D eigenvalue weighted by atomic mass is 18.2. The zero-order chi connectivity index (χ0) is 24.2. The Morgan fingerprint density at radius 2 is 1.23 bits per heavy atom. The number of halogens is 1. The molecule has 2 amide bonds. The molecule has 0 aliphatic carbocycles. The quantitative estimate of drug-likeness (QED) is 0.472. The number of amides is 2. The molecule has 1 aromatic carbocycles. The smallest absolute Gasteiger partial charge is 0.420 e. The Labute approximate surface area is 183 Å². The van der Waals surface area contributed by atoms with Crippen molar-refractivity contribution in [3.05, 3.63) is 35.6 Å². The van der Waals surface area contributed by atoms with Crippen LogP contribution in [0.3, 0.4) is 0 Å². The summed E-state index contributed by atoms with van der Waals surface area (Å²) in [5.41, 5.74) is -2.67. The van der Waals surface area contributed by atoms with Crippen LogP contribution in [0.15, 0.2) is 24.3 Å². The second-order valence-electron chi connectivity index (χ2n) is 10.2. The average Bonchev–Trinajstić information content (AvgIpc) is 2.50. The number of ether oxygens (including phenoxy) is 3. The number of esters is 1. The van der Waals surface area contributed by atoms with Crippen LogP contribution in [0.1, 0.15) is 67.9 Å². The van der Waals surface area contributed by atoms with E-state index in [2.05, 4.69) is 0 Å². The van der Waals surface area contributed by atoms with E-state index in [9.17, 15) is 18.8 Å². The summed E-state index contributed by atoms with van der Waals surface area (Å²) in [7, 11) is 0. The summed E-state index contributed by atoms with van der Waals surface area (Å²) in [5, 5.41) is 0. The van der Waals surface area contributed by atoms with Gasteiger partial charge in [0.25, 0.3) is 0 Å². The predicted octanol–water partition coefficient (Wildman–Crippen LogP) is 5.25. The molecule has 0 unspecified atom stereocenters. The minimum absolute atomic E-state index is 0.135. The van der Waals surface area contributed by atoms with Crippen LogP contribution in [-0.4, -0.2) is 45.9 Å². The van der Waals surface area contributed by atoms with Gasteiger partial charge in [0.15, 0.2) is 0 Å². The summed E-state index contributed by atoms with van der Waals surface area (Å²) in [5.74, 6) is -1.46. The highest BCUT2D eigenvalue weighted by Crippen LogP contribution is 2.22. The van der Waals surface area contributed by atoms with Crippen molar-refractivity contribution < 1.29 is 33.0 Å². The summed E-state index contributed by atoms with van der Waals surface area (Å²) in [6.45, 7) is 14.7. The van der Waals surface area contributed by atoms with Crippen LogP contribution < -0.4 is 0 Å². The van der Waals surface area contributed by atoms with E-state index in [1.807, 2.05) is 0 Å². The molecule has 7 nitrogen and oxygen atoms in total. The lowest BCUT2D eigenvalue weighted by Crippen LogP contribution is -2.54. The van der Waals surface area contributed by atoms with Crippen molar-refractivity contribution in [2.24, 2.45) is 0 Å². The summed E-state index contributed by atoms with van der Waals surface area (Å²) in [6, 6.07) is 4.29. The first kappa shape index (κ1) is 26.4. The maximum atomic E-state index is 14.4. The zero-order valence-electron chi connectivity index (χ0n) is 19.9. The van der Waals surface area contributed by atoms with Crippen LogP contribution in [0.4, 0.5) is 14.0 Å². The molecule has 0 bridgehead atoms. The molecule has 0 aliphatic rings. The highest BCUT2D eigenvalue weighted by Gasteiger charge is 2.42. The van der Waals surface area contributed by atoms with E-state index >= 15 is 0 Å². The van der Waals surface area contributed by atoms with Crippen LogP contribution in [0, 0.1) is 5.82 Å². The number of hydrogen-bond donors (Lipinski definition) is 0. The molecule has 0 heterocycles. The predicted molar refractivity (Wildman–Crippen MR) is 114 cm³/mol. The fraction of sp³-hybridized carbons (Fsp3) is 0.609. The molecule has 31 heavy (non-hydrogen) atoms. The van der Waals surface area contributed by atoms with Crippen LogP contribution >= 0.6 is 0 Å². The van der Waals surface area contributed by atoms with E-state index in [0.29, 0.717) is 4.90 Å². The van der Waals surface area contributed by atoms with E-state index in [4.69, 9.17) is 14.2 Å². The number of hydrogen-bond acceptors (Lipinski definition) is 6. The van der Waals surface area contributed by atoms with Crippen LogP contribution in [0.2, 0.25) is 0 Å². The molecule has 0 saturated carbocycles. The van der Waals surface area contributed by atoms with Crippen molar-refractivity contribution in [2.45, 2.75) is 91.6 Å². The molecule has 0 fully saturated rings. The van der Waals surface area contributed by atoms with E-state index in [1.54, 1.807) is 68.4 Å². The van der Waals surface area contributed by atoms with E-state index in [-0.39, 0.29) is 12.0 Å². The minimum atomic E-state index is -1.50. The standard InChI is InChI=1S/C23H34FNO6/c1-21(2,3)29-18(26)17(14-15-12-10-11-13-16(15)24)25(19(27)30-22(4,5)6)20(28)31-23(7,8)9/h10-13,17H,14H2,1-9H3/t17-/m0/s1/i24-1. The number of imide groups is 1. The van der Waals surface area contributed by atoms with Gasteiger partial charge in [-0.2, -0.15) is 4.90 Å². The Morgan fingerprint density at radius 1 is 0.806 bits per heavy atom. The van der Waals surface area contributed by atoms with Crippen molar-refractivity contribution in [1.82, 2.24) is 4.90 Å². The van der Waals surface area contributed by atoms with Crippen LogP contribution in [0.25, 0.3) is 0 Å². The Balaban J connectivity index is 3.49. The number of nitrogens with zero attached hydrogens (tertiary/aromatic N) is 1. The Kier molecular flexibility index (Phi) is 8.23. The first-order chi connectivity index (χ1) is 13.9. The molecular formula is C23H34FNO6. The van der Waals surface area contributed by atoms with Gasteiger partial charge in [-0.3, -0.25) is 0 Å². The Bertz CT molecular complexity index is 774. The highest BCUT2D eigenvalue weighted by molar-refractivity contribution is 5.94. The maximum Gasteiger partial charge on any atom is 0.420 e. The van der Waals surface area contributed by atoms with E-state index in [1.165, 1.54) is 18.2 Å². The van der Waals surface area contributed by atoms with E-state index < -0.39 is 46.8 Å². The van der Waals surface area contributed by atoms with Gasteiger partial charge in [0.2, 0.25) is 0 Å². The van der Waals surface area contributed by atoms with Gasteiger partial charge in [-0.15, -0.1) is 0 Å². The largest absolute Gasteiger partial charge is 0.458 e. The lowest BCUT2D eigenvalue weighted by Gasteiger charge is -2.33. The molecular weight excluding hydrogens is 404 g/mol. The summed E-state index contributed by atoms with van der Waals surface area (Å²) >= 11 is 0. The minimum Gasteiger partial charge on any atom is -0.458 e. The normalized spacial score (nSPS) is 13.2. The topological polar surface area (TPSA) is 82.1 Å². The first-order valence-corrected chi connectivity index (χ1v) is 10.1. The van der Waals surface area contributed by atoms with Crippen molar-refractivity contribution in [1.29, 1.82) is 0 Å². The van der Waals surface area contributed by atoms with Gasteiger partial charge in [-0.1, -0.05) is 18.2 Å². The summed E-state index contributed by atoms with van der Waals surface area (Å²) < 4.78 is 30.5. The number of benzene rings is 1. The Hall–Kier alpha value is -2.64. The Morgan fingerprint density at radius 3 is 1.61 bits per heavy atom. The van der Waals surface area contributed by atoms with Gasteiger partial charge in [0.05, 0.1) is 0 Å². The van der Waals surface area contributed by atoms with Crippen LogP contribution in [0.5, 0.6) is 0 Å². The van der Waals surface area contributed by atoms with Gasteiger partial charge in [-0.25, -0.2) is 18.8 Å². The lowest BCUT2D eigenvalue weighted by atomic mass is 10.0. The van der Waals surface area contributed by atoms with Gasteiger partial charge in [-0.05, 0) is 73.9 Å². The summed E-state index contributed by atoms with van der Waals surface area (Å²) in [4.78, 5) is 39.6. The third kappa shape index (κ3) is 9.36. The van der Waals surface area contributed by atoms with Gasteiger partial charge in [0, 0.05) is 6.42 Å². The molecule has 0 aliphatic heterocycles. The number of carbonyl (C=O) groups is 3. The molecule has 8 heteroatoms. The fourth-order valence-corrected chi connectivity index (χ4v) is 2.47. The van der Waals surface area contributed by atoms with Crippen molar-refractivity contribution in [2.75, 3.05) is 0 Å². The zero-order valence-corrected chi connectivity index (χ0v) is 19.9. The number of carbonyl (C=O) groups excluding carboxylic acids is 3. The third-order valence-corrected chi connectivity index (χ3v) is 3.54. The van der Waals surface area contributed by atoms with Crippen molar-refractivity contribution >= 4 is 18.2 Å². The van der Waals surface area contributed by atoms with E-state index in [0.717, 1.165) is 0 Å². The molecule has 0 N–H and O–H groups in total. The maximum absolute atomic E-state index is 14.4. The molecule has 0 aromatic heterocycles. The molecule has 0 saturated heterocycles. The molecule has 0 radical (unpaired) electrons. The van der Waals surface area contributed by atoms with Crippen molar-refractivity contribution in [3.8, 4) is 0 Å². The molecule has 1 atom stereocenters. The number of rotatable bonds is 4. The van der Waals surface area contributed by atoms with Gasteiger partial charge < -0.3 is 14.2 Å². The first-order valence-electron chi connectivity index (χ1n) is 10.1. The van der Waals surface area contributed by atoms with Crippen LogP contribution in [-0.2, 0) is 25.4 Å². The van der Waals surface area contributed by atoms with Crippen molar-refractivity contribution in [3.63, 3.8) is 0 Å². The molecule has 174 valence electrons. The average molecular weight is 439 g/mol. The monoisotopic (exact) mass is 438 g/mol. The van der Waals surface area contributed by atoms with Gasteiger partial charge >= 0.3 is 18.2 Å². The second kappa shape index (κ2) is 9.66. The third-order valence-electron chi connectivity index (χ3n) is 3.54. The second-order valence-corrected chi connectivity index (χ2v) is 10.2. The molecule has 1 aromatic rings. The van der Waals surface area contributed by atoms with Gasteiger partial charge in [0.1, 0.15) is 28.7 Å². The lowest BCUT2D eigenvalue weighted by molar-refractivity contribution is -0.161. The summed E-state index contributed by atoms with van der Waals surface area (Å²) in [6.07, 6.45) is -2.48. The SMILES string of the molecule is CC(C)(C)OC(=O)[C@H](Cc1ccccc1[18F])N(C(=O)OC(C)(C)C)C(=O)OC(C)(C)C. The fourth-order valence-electron chi connectivity index (χ4n) is 2.47.